The lowest BCUT2D eigenvalue weighted by Gasteiger charge is -2.24. The number of para-hydroxylation sites is 1. The van der Waals surface area contributed by atoms with Crippen molar-refractivity contribution in [2.45, 2.75) is 19.5 Å². The van der Waals surface area contributed by atoms with Crippen LogP contribution >= 0.6 is 0 Å². The number of hydrogen-bond acceptors (Lipinski definition) is 3. The molecule has 1 rings (SSSR count). The minimum Gasteiger partial charge on any atom is -0.496 e. The highest BCUT2D eigenvalue weighted by Gasteiger charge is 2.13. The maximum absolute atomic E-state index is 7.40. The Kier molecular flexibility index (Phi) is 4.31. The molecule has 1 unspecified atom stereocenters. The second-order valence-corrected chi connectivity index (χ2v) is 3.86. The van der Waals surface area contributed by atoms with Crippen LogP contribution < -0.4 is 10.5 Å². The summed E-state index contributed by atoms with van der Waals surface area (Å²) in [5.41, 5.74) is 6.57. The summed E-state index contributed by atoms with van der Waals surface area (Å²) in [5.74, 6) is 1.04. The van der Waals surface area contributed by atoms with Gasteiger partial charge in [-0.15, -0.1) is 0 Å². The minimum absolute atomic E-state index is 0.0649. The van der Waals surface area contributed by atoms with E-state index in [1.807, 2.05) is 43.1 Å². The maximum atomic E-state index is 7.40. The molecule has 0 saturated heterocycles. The van der Waals surface area contributed by atoms with Gasteiger partial charge >= 0.3 is 0 Å². The molecule has 88 valence electrons. The molecule has 0 bridgehead atoms. The van der Waals surface area contributed by atoms with E-state index in [0.717, 1.165) is 11.3 Å². The van der Waals surface area contributed by atoms with Crippen molar-refractivity contribution in [3.8, 4) is 5.75 Å². The van der Waals surface area contributed by atoms with Crippen molar-refractivity contribution in [2.75, 3.05) is 14.2 Å². The van der Waals surface area contributed by atoms with Crippen molar-refractivity contribution in [3.05, 3.63) is 29.8 Å². The van der Waals surface area contributed by atoms with Gasteiger partial charge in [0.25, 0.3) is 0 Å². The van der Waals surface area contributed by atoms with Crippen LogP contribution in [0.2, 0.25) is 0 Å². The summed E-state index contributed by atoms with van der Waals surface area (Å²) in [6, 6.07) is 7.80. The molecule has 0 fully saturated rings. The topological polar surface area (TPSA) is 62.3 Å². The number of methoxy groups -OCH3 is 1. The fourth-order valence-electron chi connectivity index (χ4n) is 1.48. The zero-order chi connectivity index (χ0) is 12.1. The van der Waals surface area contributed by atoms with Gasteiger partial charge in [-0.3, -0.25) is 10.3 Å². The lowest BCUT2D eigenvalue weighted by molar-refractivity contribution is 0.294. The summed E-state index contributed by atoms with van der Waals surface area (Å²) in [4.78, 5) is 2.01. The van der Waals surface area contributed by atoms with Crippen LogP contribution in [0.25, 0.3) is 0 Å². The standard InChI is InChI=1S/C12H19N3O/c1-9(12(13)14)15(2)8-10-6-4-5-7-11(10)16-3/h4-7,9H,8H2,1-3H3,(H3,13,14). The van der Waals surface area contributed by atoms with E-state index < -0.39 is 0 Å². The zero-order valence-corrected chi connectivity index (χ0v) is 10.0. The SMILES string of the molecule is COc1ccccc1CN(C)C(C)C(=N)N. The number of likely N-dealkylation sites (N-methyl/N-ethyl adjacent to an activating group) is 1. The summed E-state index contributed by atoms with van der Waals surface area (Å²) >= 11 is 0. The molecule has 1 aromatic rings. The third-order valence-corrected chi connectivity index (χ3v) is 2.72. The number of benzene rings is 1. The van der Waals surface area contributed by atoms with E-state index in [2.05, 4.69) is 0 Å². The van der Waals surface area contributed by atoms with Gasteiger partial charge < -0.3 is 10.5 Å². The first-order valence-electron chi connectivity index (χ1n) is 5.22. The Labute approximate surface area is 96.5 Å². The normalized spacial score (nSPS) is 12.5. The van der Waals surface area contributed by atoms with E-state index in [1.165, 1.54) is 0 Å². The van der Waals surface area contributed by atoms with Crippen LogP contribution in [0, 0.1) is 5.41 Å². The monoisotopic (exact) mass is 221 g/mol. The highest BCUT2D eigenvalue weighted by atomic mass is 16.5. The molecule has 0 radical (unpaired) electrons. The molecule has 0 aromatic heterocycles. The van der Waals surface area contributed by atoms with Crippen molar-refractivity contribution in [2.24, 2.45) is 5.73 Å². The number of amidine groups is 1. The predicted octanol–water partition coefficient (Wildman–Crippen LogP) is 1.45. The predicted molar refractivity (Wildman–Crippen MR) is 65.8 cm³/mol. The summed E-state index contributed by atoms with van der Waals surface area (Å²) in [6.07, 6.45) is 0. The molecule has 0 amide bonds. The van der Waals surface area contributed by atoms with E-state index >= 15 is 0 Å². The second kappa shape index (κ2) is 5.51. The van der Waals surface area contributed by atoms with Crippen LogP contribution in [0.4, 0.5) is 0 Å². The number of hydrogen-bond donors (Lipinski definition) is 2. The number of nitrogens with two attached hydrogens (primary N) is 1. The third-order valence-electron chi connectivity index (χ3n) is 2.72. The van der Waals surface area contributed by atoms with Gasteiger partial charge in [0.2, 0.25) is 0 Å². The molecule has 0 aliphatic rings. The molecule has 0 saturated carbocycles. The van der Waals surface area contributed by atoms with Gasteiger partial charge in [0.1, 0.15) is 11.6 Å². The highest BCUT2D eigenvalue weighted by Crippen LogP contribution is 2.19. The van der Waals surface area contributed by atoms with Crippen LogP contribution in [0.1, 0.15) is 12.5 Å². The molecule has 1 atom stereocenters. The largest absolute Gasteiger partial charge is 0.496 e. The van der Waals surface area contributed by atoms with E-state index in [9.17, 15) is 0 Å². The van der Waals surface area contributed by atoms with Crippen LogP contribution in [0.5, 0.6) is 5.75 Å². The van der Waals surface area contributed by atoms with E-state index in [4.69, 9.17) is 15.9 Å². The number of nitrogens with one attached hydrogen (secondary N) is 1. The van der Waals surface area contributed by atoms with Crippen LogP contribution in [0.3, 0.4) is 0 Å². The molecule has 0 spiro atoms. The summed E-state index contributed by atoms with van der Waals surface area (Å²) in [6.45, 7) is 2.63. The first-order chi connectivity index (χ1) is 7.56. The molecule has 0 heterocycles. The first-order valence-corrected chi connectivity index (χ1v) is 5.22. The van der Waals surface area contributed by atoms with Gasteiger partial charge in [-0.1, -0.05) is 18.2 Å². The Morgan fingerprint density at radius 3 is 2.69 bits per heavy atom. The molecule has 4 heteroatoms. The summed E-state index contributed by atoms with van der Waals surface area (Å²) in [7, 11) is 3.60. The van der Waals surface area contributed by atoms with Gasteiger partial charge in [-0.2, -0.15) is 0 Å². The van der Waals surface area contributed by atoms with Gasteiger partial charge in [-0.05, 0) is 20.0 Å². The molecule has 16 heavy (non-hydrogen) atoms. The van der Waals surface area contributed by atoms with Crippen molar-refractivity contribution in [1.29, 1.82) is 5.41 Å². The Morgan fingerprint density at radius 1 is 1.50 bits per heavy atom. The molecule has 0 aliphatic heterocycles. The van der Waals surface area contributed by atoms with Gasteiger partial charge in [0.15, 0.2) is 0 Å². The third kappa shape index (κ3) is 2.97. The van der Waals surface area contributed by atoms with Crippen molar-refractivity contribution in [1.82, 2.24) is 4.90 Å². The maximum Gasteiger partial charge on any atom is 0.123 e. The highest BCUT2D eigenvalue weighted by molar-refractivity contribution is 5.82. The molecule has 3 N–H and O–H groups in total. The summed E-state index contributed by atoms with van der Waals surface area (Å²) in [5, 5.41) is 7.40. The van der Waals surface area contributed by atoms with Crippen LogP contribution in [0.15, 0.2) is 24.3 Å². The summed E-state index contributed by atoms with van der Waals surface area (Å²) < 4.78 is 5.27. The van der Waals surface area contributed by atoms with Crippen molar-refractivity contribution < 1.29 is 4.74 Å². The average molecular weight is 221 g/mol. The number of ether oxygens (including phenoxy) is 1. The minimum atomic E-state index is -0.0649. The zero-order valence-electron chi connectivity index (χ0n) is 10.0. The van der Waals surface area contributed by atoms with Crippen molar-refractivity contribution in [3.63, 3.8) is 0 Å². The molecular weight excluding hydrogens is 202 g/mol. The smallest absolute Gasteiger partial charge is 0.123 e. The van der Waals surface area contributed by atoms with Crippen LogP contribution in [-0.4, -0.2) is 30.9 Å². The second-order valence-electron chi connectivity index (χ2n) is 3.86. The average Bonchev–Trinajstić information content (AvgIpc) is 2.28. The van der Waals surface area contributed by atoms with E-state index in [-0.39, 0.29) is 11.9 Å². The lowest BCUT2D eigenvalue weighted by Crippen LogP contribution is -2.39. The molecule has 1 aromatic carbocycles. The Balaban J connectivity index is 2.76. The van der Waals surface area contributed by atoms with Gasteiger partial charge in [0.05, 0.1) is 13.2 Å². The van der Waals surface area contributed by atoms with Gasteiger partial charge in [-0.25, -0.2) is 0 Å². The molecule has 0 aliphatic carbocycles. The number of rotatable bonds is 5. The number of nitrogens with zero attached hydrogens (tertiary/aromatic N) is 1. The lowest BCUT2D eigenvalue weighted by atomic mass is 10.1. The Bertz CT molecular complexity index is 365. The fourth-order valence-corrected chi connectivity index (χ4v) is 1.48. The Hall–Kier alpha value is -1.55. The van der Waals surface area contributed by atoms with Crippen LogP contribution in [-0.2, 0) is 6.54 Å². The molecule has 4 nitrogen and oxygen atoms in total. The Morgan fingerprint density at radius 2 is 2.12 bits per heavy atom. The molecular formula is C12H19N3O. The van der Waals surface area contributed by atoms with Gasteiger partial charge in [0, 0.05) is 12.1 Å². The first kappa shape index (κ1) is 12.5. The van der Waals surface area contributed by atoms with E-state index in [1.54, 1.807) is 7.11 Å². The fraction of sp³-hybridized carbons (Fsp3) is 0.417. The quantitative estimate of drug-likeness (QED) is 0.584. The van der Waals surface area contributed by atoms with E-state index in [0.29, 0.717) is 6.54 Å². The van der Waals surface area contributed by atoms with Crippen molar-refractivity contribution >= 4 is 5.84 Å².